The molecule has 0 saturated heterocycles. The topological polar surface area (TPSA) is 53.5 Å². The number of hydrogen-bond donors (Lipinski definition) is 2. The van der Waals surface area contributed by atoms with Gasteiger partial charge >= 0.3 is 6.03 Å². The standard InChI is InChI=1S/C12H14FN3OS/c13-10-3-1-2-9(8-10)4-5-14-11(17)16-12-15-6-7-18-12/h1-3,8H,4-7H2,(H2,14,15,16,17). The lowest BCUT2D eigenvalue weighted by Gasteiger charge is -2.06. The van der Waals surface area contributed by atoms with Crippen molar-refractivity contribution in [3.8, 4) is 0 Å². The molecule has 1 aliphatic rings. The number of nitrogens with zero attached hydrogens (tertiary/aromatic N) is 1. The van der Waals surface area contributed by atoms with E-state index >= 15 is 0 Å². The van der Waals surface area contributed by atoms with Crippen LogP contribution in [0.1, 0.15) is 5.56 Å². The molecule has 6 heteroatoms. The van der Waals surface area contributed by atoms with Gasteiger partial charge in [-0.2, -0.15) is 0 Å². The monoisotopic (exact) mass is 267 g/mol. The summed E-state index contributed by atoms with van der Waals surface area (Å²) in [6.45, 7) is 1.22. The molecule has 0 aliphatic carbocycles. The summed E-state index contributed by atoms with van der Waals surface area (Å²) in [5.74, 6) is 0.660. The minimum atomic E-state index is -0.264. The Balaban J connectivity index is 1.70. The van der Waals surface area contributed by atoms with E-state index in [2.05, 4.69) is 15.6 Å². The van der Waals surface area contributed by atoms with Gasteiger partial charge in [-0.25, -0.2) is 9.18 Å². The van der Waals surface area contributed by atoms with Crippen molar-refractivity contribution >= 4 is 23.0 Å². The van der Waals surface area contributed by atoms with E-state index in [9.17, 15) is 9.18 Å². The van der Waals surface area contributed by atoms with Crippen molar-refractivity contribution in [1.82, 2.24) is 10.6 Å². The number of halogens is 1. The highest BCUT2D eigenvalue weighted by atomic mass is 32.2. The molecular weight excluding hydrogens is 253 g/mol. The number of urea groups is 1. The zero-order chi connectivity index (χ0) is 12.8. The minimum Gasteiger partial charge on any atom is -0.337 e. The first-order valence-corrected chi connectivity index (χ1v) is 6.69. The van der Waals surface area contributed by atoms with E-state index in [0.29, 0.717) is 18.1 Å². The van der Waals surface area contributed by atoms with Gasteiger partial charge in [0.15, 0.2) is 5.17 Å². The van der Waals surface area contributed by atoms with E-state index in [1.165, 1.54) is 23.9 Å². The Hall–Kier alpha value is -1.56. The van der Waals surface area contributed by atoms with Crippen LogP contribution in [0.3, 0.4) is 0 Å². The second-order valence-corrected chi connectivity index (χ2v) is 4.88. The Morgan fingerprint density at radius 2 is 2.39 bits per heavy atom. The van der Waals surface area contributed by atoms with Crippen LogP contribution in [0.2, 0.25) is 0 Å². The van der Waals surface area contributed by atoms with Crippen LogP contribution in [0.25, 0.3) is 0 Å². The van der Waals surface area contributed by atoms with Gasteiger partial charge in [0, 0.05) is 12.3 Å². The molecule has 1 aromatic rings. The van der Waals surface area contributed by atoms with Crippen LogP contribution in [-0.2, 0) is 6.42 Å². The van der Waals surface area contributed by atoms with Crippen molar-refractivity contribution in [3.63, 3.8) is 0 Å². The van der Waals surface area contributed by atoms with E-state index in [-0.39, 0.29) is 11.8 Å². The van der Waals surface area contributed by atoms with E-state index in [0.717, 1.165) is 17.9 Å². The van der Waals surface area contributed by atoms with Crippen LogP contribution in [0.15, 0.2) is 29.3 Å². The molecule has 18 heavy (non-hydrogen) atoms. The molecule has 0 fully saturated rings. The average Bonchev–Trinajstić information content (AvgIpc) is 2.82. The van der Waals surface area contributed by atoms with Crippen LogP contribution in [-0.4, -0.2) is 30.0 Å². The third kappa shape index (κ3) is 4.03. The Morgan fingerprint density at radius 1 is 1.50 bits per heavy atom. The summed E-state index contributed by atoms with van der Waals surface area (Å²) in [5, 5.41) is 6.04. The highest BCUT2D eigenvalue weighted by Gasteiger charge is 2.09. The quantitative estimate of drug-likeness (QED) is 0.877. The fraction of sp³-hybridized carbons (Fsp3) is 0.333. The van der Waals surface area contributed by atoms with Crippen molar-refractivity contribution in [2.75, 3.05) is 18.8 Å². The molecule has 1 heterocycles. The Morgan fingerprint density at radius 3 is 3.11 bits per heavy atom. The number of carbonyl (C=O) groups excluding carboxylic acids is 1. The number of thioether (sulfide) groups is 1. The minimum absolute atomic E-state index is 0.256. The van der Waals surface area contributed by atoms with Crippen LogP contribution in [0.5, 0.6) is 0 Å². The number of amidine groups is 1. The van der Waals surface area contributed by atoms with Gasteiger partial charge in [-0.15, -0.1) is 0 Å². The van der Waals surface area contributed by atoms with Gasteiger partial charge < -0.3 is 5.32 Å². The molecule has 2 amide bonds. The molecule has 96 valence electrons. The first kappa shape index (κ1) is 12.9. The van der Waals surface area contributed by atoms with Crippen molar-refractivity contribution in [2.45, 2.75) is 6.42 Å². The molecule has 2 N–H and O–H groups in total. The van der Waals surface area contributed by atoms with Crippen LogP contribution in [0, 0.1) is 5.82 Å². The van der Waals surface area contributed by atoms with E-state index < -0.39 is 0 Å². The van der Waals surface area contributed by atoms with Crippen LogP contribution >= 0.6 is 11.8 Å². The summed E-state index contributed by atoms with van der Waals surface area (Å²) in [5.41, 5.74) is 0.864. The lowest BCUT2D eigenvalue weighted by molar-refractivity contribution is 0.245. The number of rotatable bonds is 3. The summed E-state index contributed by atoms with van der Waals surface area (Å²) in [6, 6.07) is 6.10. The molecule has 0 spiro atoms. The van der Waals surface area contributed by atoms with E-state index in [4.69, 9.17) is 0 Å². The molecule has 0 radical (unpaired) electrons. The zero-order valence-electron chi connectivity index (χ0n) is 9.78. The van der Waals surface area contributed by atoms with E-state index in [1.807, 2.05) is 6.07 Å². The number of carbonyl (C=O) groups is 1. The second-order valence-electron chi connectivity index (χ2n) is 3.80. The molecule has 1 aliphatic heterocycles. The first-order valence-electron chi connectivity index (χ1n) is 5.70. The Labute approximate surface area is 109 Å². The SMILES string of the molecule is O=C(NCCc1cccc(F)c1)NC1=NCCS1. The Kier molecular flexibility index (Phi) is 4.58. The molecule has 0 aromatic heterocycles. The molecule has 0 saturated carbocycles. The molecule has 0 atom stereocenters. The van der Waals surface area contributed by atoms with Crippen LogP contribution < -0.4 is 10.6 Å². The van der Waals surface area contributed by atoms with E-state index in [1.54, 1.807) is 6.07 Å². The number of benzene rings is 1. The van der Waals surface area contributed by atoms with Crippen molar-refractivity contribution in [2.24, 2.45) is 4.99 Å². The summed E-state index contributed by atoms with van der Waals surface area (Å²) < 4.78 is 12.9. The summed E-state index contributed by atoms with van der Waals surface area (Å²) in [7, 11) is 0. The second kappa shape index (κ2) is 6.39. The fourth-order valence-electron chi connectivity index (χ4n) is 1.56. The highest BCUT2D eigenvalue weighted by Crippen LogP contribution is 2.08. The fourth-order valence-corrected chi connectivity index (χ4v) is 2.29. The predicted molar refractivity (Wildman–Crippen MR) is 71.4 cm³/mol. The van der Waals surface area contributed by atoms with Gasteiger partial charge in [-0.05, 0) is 24.1 Å². The smallest absolute Gasteiger partial charge is 0.320 e. The maximum absolute atomic E-state index is 12.9. The van der Waals surface area contributed by atoms with Crippen molar-refractivity contribution < 1.29 is 9.18 Å². The molecule has 1 aromatic carbocycles. The number of nitrogens with one attached hydrogen (secondary N) is 2. The third-order valence-corrected chi connectivity index (χ3v) is 3.29. The first-order chi connectivity index (χ1) is 8.74. The maximum atomic E-state index is 12.9. The van der Waals surface area contributed by atoms with Gasteiger partial charge in [-0.3, -0.25) is 10.3 Å². The van der Waals surface area contributed by atoms with Gasteiger partial charge in [0.1, 0.15) is 5.82 Å². The van der Waals surface area contributed by atoms with Crippen LogP contribution in [0.4, 0.5) is 9.18 Å². The molecule has 0 unspecified atom stereocenters. The largest absolute Gasteiger partial charge is 0.337 e. The lowest BCUT2D eigenvalue weighted by atomic mass is 10.1. The van der Waals surface area contributed by atoms with Crippen molar-refractivity contribution in [3.05, 3.63) is 35.6 Å². The average molecular weight is 267 g/mol. The third-order valence-electron chi connectivity index (χ3n) is 2.39. The van der Waals surface area contributed by atoms with Gasteiger partial charge in [0.25, 0.3) is 0 Å². The molecule has 4 nitrogen and oxygen atoms in total. The highest BCUT2D eigenvalue weighted by molar-refractivity contribution is 8.14. The summed E-state index contributed by atoms with van der Waals surface area (Å²) in [4.78, 5) is 15.6. The van der Waals surface area contributed by atoms with Gasteiger partial charge in [-0.1, -0.05) is 23.9 Å². The lowest BCUT2D eigenvalue weighted by Crippen LogP contribution is -2.38. The normalized spacial score (nSPS) is 14.2. The number of aliphatic imine (C=N–C) groups is 1. The zero-order valence-corrected chi connectivity index (χ0v) is 10.6. The molecule has 0 bridgehead atoms. The molecule has 2 rings (SSSR count). The summed E-state index contributed by atoms with van der Waals surface area (Å²) in [6.07, 6.45) is 0.602. The summed E-state index contributed by atoms with van der Waals surface area (Å²) >= 11 is 1.53. The van der Waals surface area contributed by atoms with Gasteiger partial charge in [0.05, 0.1) is 6.54 Å². The number of hydrogen-bond acceptors (Lipinski definition) is 3. The maximum Gasteiger partial charge on any atom is 0.320 e. The number of amides is 2. The van der Waals surface area contributed by atoms with Gasteiger partial charge in [0.2, 0.25) is 0 Å². The van der Waals surface area contributed by atoms with Crippen molar-refractivity contribution in [1.29, 1.82) is 0 Å². The predicted octanol–water partition coefficient (Wildman–Crippen LogP) is 1.77. The Bertz CT molecular complexity index is 464. The molecular formula is C12H14FN3OS.